The number of carboxylic acids is 1. The first-order valence-corrected chi connectivity index (χ1v) is 5.41. The predicted octanol–water partition coefficient (Wildman–Crippen LogP) is 1.17. The summed E-state index contributed by atoms with van der Waals surface area (Å²) in [5, 5.41) is 21.9. The van der Waals surface area contributed by atoms with Crippen LogP contribution in [0, 0.1) is 18.3 Å². The highest BCUT2D eigenvalue weighted by molar-refractivity contribution is 5.94. The Morgan fingerprint density at radius 1 is 1.65 bits per heavy atom. The lowest BCUT2D eigenvalue weighted by Gasteiger charge is -2.22. The van der Waals surface area contributed by atoms with E-state index in [1.165, 1.54) is 0 Å². The Bertz CT molecular complexity index is 459. The molecule has 0 saturated heterocycles. The third-order valence-electron chi connectivity index (χ3n) is 2.58. The summed E-state index contributed by atoms with van der Waals surface area (Å²) in [5.41, 5.74) is 0.706. The number of aryl methyl sites for hydroxylation is 2. The van der Waals surface area contributed by atoms with E-state index < -0.39 is 5.97 Å². The number of nitriles is 1. The highest BCUT2D eigenvalue weighted by atomic mass is 16.4. The van der Waals surface area contributed by atoms with Crippen molar-refractivity contribution in [3.8, 4) is 6.07 Å². The second kappa shape index (κ2) is 5.34. The van der Waals surface area contributed by atoms with Gasteiger partial charge in [0.2, 0.25) is 0 Å². The van der Waals surface area contributed by atoms with Gasteiger partial charge in [-0.05, 0) is 13.8 Å². The average Bonchev–Trinajstić information content (AvgIpc) is 2.55. The molecule has 0 amide bonds. The normalized spacial score (nSPS) is 10.0. The molecule has 0 atom stereocenters. The molecule has 6 nitrogen and oxygen atoms in total. The Morgan fingerprint density at radius 2 is 2.29 bits per heavy atom. The summed E-state index contributed by atoms with van der Waals surface area (Å²) in [6.45, 7) is 4.74. The van der Waals surface area contributed by atoms with Gasteiger partial charge in [0.1, 0.15) is 11.4 Å². The fourth-order valence-electron chi connectivity index (χ4n) is 1.86. The van der Waals surface area contributed by atoms with Gasteiger partial charge in [-0.25, -0.2) is 4.79 Å². The van der Waals surface area contributed by atoms with Crippen LogP contribution < -0.4 is 4.90 Å². The third-order valence-corrected chi connectivity index (χ3v) is 2.58. The highest BCUT2D eigenvalue weighted by Gasteiger charge is 2.23. The smallest absolute Gasteiger partial charge is 0.341 e. The molecule has 0 aliphatic rings. The Balaban J connectivity index is 3.18. The number of hydrogen-bond donors (Lipinski definition) is 1. The van der Waals surface area contributed by atoms with Gasteiger partial charge in [-0.2, -0.15) is 10.4 Å². The van der Waals surface area contributed by atoms with E-state index in [0.29, 0.717) is 31.0 Å². The summed E-state index contributed by atoms with van der Waals surface area (Å²) < 4.78 is 1.56. The van der Waals surface area contributed by atoms with Crippen LogP contribution in [0.15, 0.2) is 0 Å². The molecule has 0 aromatic carbocycles. The lowest BCUT2D eigenvalue weighted by atomic mass is 10.2. The molecule has 0 spiro atoms. The van der Waals surface area contributed by atoms with Crippen molar-refractivity contribution in [3.63, 3.8) is 0 Å². The number of nitrogens with zero attached hydrogens (tertiary/aromatic N) is 4. The van der Waals surface area contributed by atoms with Crippen molar-refractivity contribution in [2.45, 2.75) is 20.3 Å². The SMILES string of the molecule is CCN(CCC#N)c1c(C(=O)O)c(C)nn1C. The maximum absolute atomic E-state index is 11.2. The van der Waals surface area contributed by atoms with Gasteiger partial charge in [-0.1, -0.05) is 0 Å². The van der Waals surface area contributed by atoms with Gasteiger partial charge in [0.25, 0.3) is 0 Å². The van der Waals surface area contributed by atoms with E-state index in [1.54, 1.807) is 18.7 Å². The van der Waals surface area contributed by atoms with Crippen LogP contribution >= 0.6 is 0 Å². The second-order valence-corrected chi connectivity index (χ2v) is 3.70. The zero-order chi connectivity index (χ0) is 13.0. The number of carboxylic acid groups (broad SMARTS) is 1. The summed E-state index contributed by atoms with van der Waals surface area (Å²) >= 11 is 0. The van der Waals surface area contributed by atoms with E-state index in [-0.39, 0.29) is 5.56 Å². The Hall–Kier alpha value is -2.03. The van der Waals surface area contributed by atoms with Crippen molar-refractivity contribution >= 4 is 11.8 Å². The van der Waals surface area contributed by atoms with Gasteiger partial charge in [0.15, 0.2) is 0 Å². The van der Waals surface area contributed by atoms with Crippen LogP contribution in [0.1, 0.15) is 29.4 Å². The molecule has 6 heteroatoms. The summed E-state index contributed by atoms with van der Waals surface area (Å²) in [4.78, 5) is 13.1. The maximum atomic E-state index is 11.2. The van der Waals surface area contributed by atoms with E-state index in [0.717, 1.165) is 0 Å². The van der Waals surface area contributed by atoms with Crippen LogP contribution in [0.5, 0.6) is 0 Å². The monoisotopic (exact) mass is 236 g/mol. The van der Waals surface area contributed by atoms with Gasteiger partial charge in [-0.15, -0.1) is 0 Å². The predicted molar refractivity (Wildman–Crippen MR) is 63.0 cm³/mol. The van der Waals surface area contributed by atoms with Crippen molar-refractivity contribution in [3.05, 3.63) is 11.3 Å². The molecule has 17 heavy (non-hydrogen) atoms. The average molecular weight is 236 g/mol. The van der Waals surface area contributed by atoms with Gasteiger partial charge < -0.3 is 10.0 Å². The lowest BCUT2D eigenvalue weighted by molar-refractivity contribution is 0.0696. The van der Waals surface area contributed by atoms with Crippen LogP contribution in [-0.4, -0.2) is 33.9 Å². The minimum atomic E-state index is -0.985. The number of aromatic nitrogens is 2. The Morgan fingerprint density at radius 3 is 2.76 bits per heavy atom. The van der Waals surface area contributed by atoms with Crippen LogP contribution in [-0.2, 0) is 7.05 Å². The molecule has 0 aliphatic carbocycles. The highest BCUT2D eigenvalue weighted by Crippen LogP contribution is 2.23. The van der Waals surface area contributed by atoms with E-state index in [2.05, 4.69) is 11.2 Å². The van der Waals surface area contributed by atoms with E-state index in [9.17, 15) is 9.90 Å². The molecular formula is C11H16N4O2. The molecule has 1 aromatic rings. The lowest BCUT2D eigenvalue weighted by Crippen LogP contribution is -2.27. The van der Waals surface area contributed by atoms with Crippen LogP contribution in [0.4, 0.5) is 5.82 Å². The molecular weight excluding hydrogens is 220 g/mol. The number of anilines is 1. The molecule has 0 aliphatic heterocycles. The van der Waals surface area contributed by atoms with E-state index in [4.69, 9.17) is 5.26 Å². The van der Waals surface area contributed by atoms with Crippen molar-refractivity contribution in [1.82, 2.24) is 9.78 Å². The zero-order valence-corrected chi connectivity index (χ0v) is 10.3. The van der Waals surface area contributed by atoms with Gasteiger partial charge in [0.05, 0.1) is 18.2 Å². The van der Waals surface area contributed by atoms with Crippen molar-refractivity contribution < 1.29 is 9.90 Å². The number of rotatable bonds is 5. The fraction of sp³-hybridized carbons (Fsp3) is 0.545. The summed E-state index contributed by atoms with van der Waals surface area (Å²) in [7, 11) is 1.71. The second-order valence-electron chi connectivity index (χ2n) is 3.70. The first-order valence-electron chi connectivity index (χ1n) is 5.41. The van der Waals surface area contributed by atoms with Crippen molar-refractivity contribution in [1.29, 1.82) is 5.26 Å². The first kappa shape index (κ1) is 13.0. The summed E-state index contributed by atoms with van der Waals surface area (Å²) in [6, 6.07) is 2.06. The molecule has 0 radical (unpaired) electrons. The molecule has 0 fully saturated rings. The molecule has 92 valence electrons. The standard InChI is InChI=1S/C11H16N4O2/c1-4-15(7-5-6-12)10-9(11(16)17)8(2)13-14(10)3/h4-5,7H2,1-3H3,(H,16,17). The van der Waals surface area contributed by atoms with Crippen LogP contribution in [0.2, 0.25) is 0 Å². The topological polar surface area (TPSA) is 82.2 Å². The number of hydrogen-bond acceptors (Lipinski definition) is 4. The first-order chi connectivity index (χ1) is 8.02. The van der Waals surface area contributed by atoms with Gasteiger partial charge in [0, 0.05) is 20.1 Å². The van der Waals surface area contributed by atoms with Crippen LogP contribution in [0.25, 0.3) is 0 Å². The minimum absolute atomic E-state index is 0.215. The van der Waals surface area contributed by atoms with E-state index in [1.807, 2.05) is 11.8 Å². The quantitative estimate of drug-likeness (QED) is 0.829. The Kier molecular flexibility index (Phi) is 4.10. The molecule has 0 saturated carbocycles. The van der Waals surface area contributed by atoms with Crippen molar-refractivity contribution in [2.24, 2.45) is 7.05 Å². The van der Waals surface area contributed by atoms with Crippen LogP contribution in [0.3, 0.4) is 0 Å². The van der Waals surface area contributed by atoms with Crippen molar-refractivity contribution in [2.75, 3.05) is 18.0 Å². The number of carbonyl (C=O) groups is 1. The molecule has 1 rings (SSSR count). The summed E-state index contributed by atoms with van der Waals surface area (Å²) in [6.07, 6.45) is 0.358. The zero-order valence-electron chi connectivity index (χ0n) is 10.3. The van der Waals surface area contributed by atoms with Gasteiger partial charge >= 0.3 is 5.97 Å². The Labute approximate surface area is 100 Å². The fourth-order valence-corrected chi connectivity index (χ4v) is 1.86. The molecule has 1 heterocycles. The maximum Gasteiger partial charge on any atom is 0.341 e. The molecule has 0 unspecified atom stereocenters. The minimum Gasteiger partial charge on any atom is -0.477 e. The molecule has 0 bridgehead atoms. The number of aromatic carboxylic acids is 1. The summed E-state index contributed by atoms with van der Waals surface area (Å²) in [5.74, 6) is -0.422. The van der Waals surface area contributed by atoms with Gasteiger partial charge in [-0.3, -0.25) is 4.68 Å². The molecule has 1 N–H and O–H groups in total. The largest absolute Gasteiger partial charge is 0.477 e. The molecule has 1 aromatic heterocycles. The third kappa shape index (κ3) is 2.56. The van der Waals surface area contributed by atoms with E-state index >= 15 is 0 Å².